The molecule has 730 valence electrons. The van der Waals surface area contributed by atoms with Gasteiger partial charge in [0.25, 0.3) is 0 Å². The Bertz CT molecular complexity index is 4090. The van der Waals surface area contributed by atoms with Gasteiger partial charge in [-0.15, -0.1) is 0 Å². The first-order chi connectivity index (χ1) is 60.9. The molecule has 20 fully saturated rings. The lowest BCUT2D eigenvalue weighted by Crippen LogP contribution is -2.55. The molecule has 17 nitrogen and oxygen atoms in total. The fourth-order valence-corrected chi connectivity index (χ4v) is 37.9. The molecule has 19 heteroatoms. The van der Waals surface area contributed by atoms with Crippen molar-refractivity contribution in [3.63, 3.8) is 0 Å². The van der Waals surface area contributed by atoms with Crippen molar-refractivity contribution in [2.45, 2.75) is 336 Å². The number of rotatable bonds is 13. The van der Waals surface area contributed by atoms with Gasteiger partial charge in [-0.3, -0.25) is 43.0 Å². The largest absolute Gasteiger partial charge is 0.390 e. The number of alkyl halides is 1. The number of ketones is 2. The molecule has 2 amide bonds. The zero-order chi connectivity index (χ0) is 91.8. The fraction of sp³-hybridized carbons (Fsp3) is 0.918. The number of carbonyl (C=O) groups is 4. The van der Waals surface area contributed by atoms with Crippen molar-refractivity contribution in [1.82, 2.24) is 33.7 Å². The molecule has 129 heavy (non-hydrogen) atoms. The SMILES string of the molecule is C=C(CN1CCN(C(C)=O)CC1)[C@H]1CC[C@H]2[C@@H]3CC[C@H]4C[C@](C)(O)[C@@H](C)C[C@@H]4[C@H]3CC[C@]12C.C=C(CN1CCOC[C@@H]1C)[C@H]1CC[C@H]2[C@@H]3CC[C@@H]4C[C@](C)(O)CC[C@@H]4[C@H]3CC[C@]12C.C=S(C)(=O)N1CCN(CC(=O)[C@H]2CC[C@H]3[C@@H]4C[C@@H](F)[C@@H]5C[C@](C)(O)CC[C@@H]5[C@H]4CC[C@]23C)CC1.CC(=O)N1CCN(CC(=O)[C@H]2CC[C@H]3[C@@H]4CC[C@@H]5C[C@](C)(O)CC[C@@H]5[C@H]4CC[C@]23C)CC1. The summed E-state index contributed by atoms with van der Waals surface area (Å²) in [6.07, 6.45) is 40.9. The van der Waals surface area contributed by atoms with Crippen molar-refractivity contribution in [3.05, 3.63) is 24.3 Å². The maximum absolute atomic E-state index is 15.5. The van der Waals surface area contributed by atoms with Gasteiger partial charge in [0.2, 0.25) is 11.8 Å². The summed E-state index contributed by atoms with van der Waals surface area (Å²) in [6, 6.07) is 0.523. The van der Waals surface area contributed by atoms with Gasteiger partial charge in [0.1, 0.15) is 17.7 Å². The third kappa shape index (κ3) is 19.7. The monoisotopic (exact) mass is 1810 g/mol. The fourth-order valence-electron chi connectivity index (χ4n) is 37.0. The van der Waals surface area contributed by atoms with Gasteiger partial charge < -0.3 is 35.0 Å². The van der Waals surface area contributed by atoms with E-state index in [9.17, 15) is 43.8 Å². The van der Waals surface area contributed by atoms with Crippen molar-refractivity contribution in [2.75, 3.05) is 131 Å². The topological polar surface area (TPSA) is 198 Å². The van der Waals surface area contributed by atoms with Crippen molar-refractivity contribution in [2.24, 2.45) is 170 Å². The molecule has 0 spiro atoms. The van der Waals surface area contributed by atoms with E-state index in [1.54, 1.807) is 20.1 Å². The predicted octanol–water partition coefficient (Wildman–Crippen LogP) is 17.4. The first-order valence-corrected chi connectivity index (χ1v) is 56.1. The second-order valence-corrected chi connectivity index (χ2v) is 53.7. The number of carbonyl (C=O) groups excluding carboxylic acids is 4. The Kier molecular flexibility index (Phi) is 29.0. The molecule has 0 aromatic rings. The number of hydrogen-bond donors (Lipinski definition) is 4. The highest BCUT2D eigenvalue weighted by Gasteiger charge is 2.65. The molecule has 20 rings (SSSR count). The van der Waals surface area contributed by atoms with Gasteiger partial charge >= 0.3 is 0 Å². The number of aliphatic hydroxyl groups is 4. The molecule has 0 bridgehead atoms. The maximum atomic E-state index is 15.5. The zero-order valence-corrected chi connectivity index (χ0v) is 84.2. The van der Waals surface area contributed by atoms with Crippen LogP contribution < -0.4 is 0 Å². The smallest absolute Gasteiger partial charge is 0.219 e. The number of amides is 2. The summed E-state index contributed by atoms with van der Waals surface area (Å²) in [7, 11) is -2.17. The van der Waals surface area contributed by atoms with Crippen LogP contribution in [-0.2, 0) is 33.6 Å². The minimum Gasteiger partial charge on any atom is -0.390 e. The third-order valence-corrected chi connectivity index (χ3v) is 45.4. The highest BCUT2D eigenvalue weighted by Crippen LogP contribution is 2.71. The Hall–Kier alpha value is -2.69. The molecular formula is C110H182FN7O10S. The number of nitrogens with zero attached hydrogens (tertiary/aromatic N) is 7. The summed E-state index contributed by atoms with van der Waals surface area (Å²) >= 11 is 0. The molecule has 4 aliphatic heterocycles. The number of piperazine rings is 3. The molecule has 16 saturated carbocycles. The second kappa shape index (κ2) is 38.1. The lowest BCUT2D eigenvalue weighted by atomic mass is 9.48. The first kappa shape index (κ1) is 97.9. The minimum atomic E-state index is -2.17. The quantitative estimate of drug-likeness (QED) is 0.100. The van der Waals surface area contributed by atoms with Crippen LogP contribution in [0, 0.1) is 170 Å². The van der Waals surface area contributed by atoms with Gasteiger partial charge in [0.15, 0.2) is 0 Å². The van der Waals surface area contributed by atoms with Crippen LogP contribution >= 0.6 is 0 Å². The summed E-state index contributed by atoms with van der Waals surface area (Å²) in [5.74, 6) is 21.6. The number of halogens is 1. The maximum Gasteiger partial charge on any atom is 0.219 e. The molecule has 20 aliphatic rings. The van der Waals surface area contributed by atoms with Crippen molar-refractivity contribution in [3.8, 4) is 0 Å². The van der Waals surface area contributed by atoms with E-state index in [0.717, 1.165) is 258 Å². The molecule has 0 radical (unpaired) electrons. The Morgan fingerprint density at radius 3 is 1.18 bits per heavy atom. The highest BCUT2D eigenvalue weighted by atomic mass is 32.2. The molecule has 4 N–H and O–H groups in total. The Morgan fingerprint density at radius 1 is 0.388 bits per heavy atom. The van der Waals surface area contributed by atoms with E-state index in [1.807, 2.05) is 28.0 Å². The summed E-state index contributed by atoms with van der Waals surface area (Å²) in [4.78, 5) is 63.8. The Morgan fingerprint density at radius 2 is 0.744 bits per heavy atom. The van der Waals surface area contributed by atoms with Gasteiger partial charge in [-0.2, -0.15) is 0 Å². The number of ether oxygens (including phenoxy) is 1. The summed E-state index contributed by atoms with van der Waals surface area (Å²) in [5.41, 5.74) is 2.05. The lowest BCUT2D eigenvalue weighted by molar-refractivity contribution is -0.139. The van der Waals surface area contributed by atoms with Crippen molar-refractivity contribution < 1.29 is 52.9 Å². The third-order valence-electron chi connectivity index (χ3n) is 44.0. The highest BCUT2D eigenvalue weighted by molar-refractivity contribution is 7.97. The number of morpholine rings is 1. The van der Waals surface area contributed by atoms with E-state index in [2.05, 4.69) is 94.0 Å². The molecule has 16 aliphatic carbocycles. The lowest BCUT2D eigenvalue weighted by Gasteiger charge is -2.58. The summed E-state index contributed by atoms with van der Waals surface area (Å²) in [6.45, 7) is 51.2. The Labute approximate surface area is 781 Å². The van der Waals surface area contributed by atoms with Crippen molar-refractivity contribution in [1.29, 1.82) is 0 Å². The average Bonchev–Trinajstić information content (AvgIpc) is 1.64. The van der Waals surface area contributed by atoms with Crippen LogP contribution in [-0.4, -0.2) is 253 Å². The number of Topliss-reactive ketones (excluding diaryl/α,β-unsaturated/α-hetero) is 2. The van der Waals surface area contributed by atoms with E-state index in [4.69, 9.17) is 4.74 Å². The average molecular weight is 1810 g/mol. The van der Waals surface area contributed by atoms with Crippen LogP contribution in [0.5, 0.6) is 0 Å². The van der Waals surface area contributed by atoms with Crippen molar-refractivity contribution >= 4 is 39.0 Å². The normalized spacial score (nSPS) is 49.0. The molecule has 4 heterocycles. The molecule has 1 unspecified atom stereocenters. The standard InChI is InChI=1S/C29H48N2O2.C27H45FN2O3S.C27H44N2O3.C27H45NO2/c1-19(18-30-12-14-31(15-13-30)21(3)32)26-8-9-27-24-7-6-22-17-29(5,33)20(2)16-25(22)23(24)10-11-28(26,27)4;1-26(32)9-7-19-18-8-10-27(2)22(20(18)15-24(28)21(19)16-26)5-6-23(27)25(31)17-29-11-13-30(14-12-29)34(3,4)33;1-18(30)29-14-12-28(13-15-29)17-25(31)24-7-6-23-22-5-4-19-16-26(2,32)10-8-20(19)21(22)9-11-27(23,24)3;1-18(16-28-13-14-30-17-19(28)2)24-7-8-25-23-6-5-20-15-26(3,29)11-9-21(20)22(23)10-12-27(24,25)4/h20,22-27,33H,1,6-18H2,2-5H3;18-24,32H,3,5-17H2,1-2,4H3;19-24,32H,4-17H2,1-3H3;19-25,29H,1,5-17H2,2-4H3/t20-,22-,23-,24+,25-,26+,27-,28+,29-;18-,19-,20-,21-,22+,23-,24-,26-,27+,34?;19-,20+,21-,22-,23+,24-,26-,27+;19-,20+,21-,22+,23+,24+,25-,26+,27+/m0110/s1. The first-order valence-electron chi connectivity index (χ1n) is 54.0. The van der Waals surface area contributed by atoms with Gasteiger partial charge in [0.05, 0.1) is 48.7 Å². The van der Waals surface area contributed by atoms with E-state index in [0.29, 0.717) is 115 Å². The van der Waals surface area contributed by atoms with Crippen LogP contribution in [0.15, 0.2) is 24.3 Å². The summed E-state index contributed by atoms with van der Waals surface area (Å²) < 4.78 is 35.3. The Balaban J connectivity index is 0.000000121. The van der Waals surface area contributed by atoms with Gasteiger partial charge in [-0.1, -0.05) is 58.9 Å². The van der Waals surface area contributed by atoms with E-state index >= 15 is 4.39 Å². The van der Waals surface area contributed by atoms with Gasteiger partial charge in [-0.25, -0.2) is 8.70 Å². The molecule has 0 aromatic carbocycles. The molecule has 36 atom stereocenters. The molecule has 4 saturated heterocycles. The minimum absolute atomic E-state index is 0.00212. The van der Waals surface area contributed by atoms with E-state index < -0.39 is 38.3 Å². The number of fused-ring (bicyclic) bond motifs is 20. The van der Waals surface area contributed by atoms with Gasteiger partial charge in [-0.05, 0) is 417 Å². The van der Waals surface area contributed by atoms with E-state index in [-0.39, 0.29) is 40.4 Å². The van der Waals surface area contributed by atoms with Crippen LogP contribution in [0.1, 0.15) is 301 Å². The van der Waals surface area contributed by atoms with Crippen LogP contribution in [0.25, 0.3) is 0 Å². The zero-order valence-electron chi connectivity index (χ0n) is 83.3. The second-order valence-electron chi connectivity index (χ2n) is 51.3. The molecular weight excluding hydrogens is 1630 g/mol. The van der Waals surface area contributed by atoms with Gasteiger partial charge in [0, 0.05) is 146 Å². The summed E-state index contributed by atoms with van der Waals surface area (Å²) in [5, 5.41) is 42.7. The number of hydrogen-bond acceptors (Lipinski definition) is 14. The van der Waals surface area contributed by atoms with E-state index in [1.165, 1.54) is 140 Å². The van der Waals surface area contributed by atoms with Crippen LogP contribution in [0.2, 0.25) is 0 Å². The predicted molar refractivity (Wildman–Crippen MR) is 516 cm³/mol. The van der Waals surface area contributed by atoms with Crippen LogP contribution in [0.3, 0.4) is 0 Å². The van der Waals surface area contributed by atoms with Crippen LogP contribution in [0.4, 0.5) is 4.39 Å². The molecule has 0 aromatic heterocycles.